The molecule has 0 radical (unpaired) electrons. The number of amides is 1. The van der Waals surface area contributed by atoms with Crippen molar-refractivity contribution < 1.29 is 19.4 Å². The zero-order valence-electron chi connectivity index (χ0n) is 13.2. The second kappa shape index (κ2) is 8.11. The highest BCUT2D eigenvalue weighted by Crippen LogP contribution is 2.12. The highest BCUT2D eigenvalue weighted by atomic mass is 16.5. The smallest absolute Gasteiger partial charge is 0.326 e. The van der Waals surface area contributed by atoms with Crippen LogP contribution in [0.4, 0.5) is 0 Å². The number of rotatable bonds is 8. The number of nitrogens with zero attached hydrogens (tertiary/aromatic N) is 1. The lowest BCUT2D eigenvalue weighted by molar-refractivity contribution is -0.142. The van der Waals surface area contributed by atoms with Crippen LogP contribution in [0.1, 0.15) is 11.3 Å². The Morgan fingerprint density at radius 2 is 2.04 bits per heavy atom. The minimum atomic E-state index is -1.13. The quantitative estimate of drug-likeness (QED) is 0.542. The highest BCUT2D eigenvalue weighted by molar-refractivity contribution is 5.87. The Balaban J connectivity index is 1.93. The molecule has 8 nitrogen and oxygen atoms in total. The van der Waals surface area contributed by atoms with E-state index >= 15 is 0 Å². The topological polar surface area (TPSA) is 130 Å². The van der Waals surface area contributed by atoms with Gasteiger partial charge in [-0.3, -0.25) is 4.79 Å². The van der Waals surface area contributed by atoms with E-state index in [-0.39, 0.29) is 6.42 Å². The van der Waals surface area contributed by atoms with Gasteiger partial charge in [0.15, 0.2) is 0 Å². The molecule has 2 atom stereocenters. The summed E-state index contributed by atoms with van der Waals surface area (Å²) in [6, 6.07) is 5.26. The first-order valence-electron chi connectivity index (χ1n) is 7.38. The Labute approximate surface area is 139 Å². The Kier molecular flexibility index (Phi) is 5.91. The van der Waals surface area contributed by atoms with Crippen LogP contribution in [0.2, 0.25) is 0 Å². The average Bonchev–Trinajstić information content (AvgIpc) is 3.07. The third-order valence-electron chi connectivity index (χ3n) is 3.54. The van der Waals surface area contributed by atoms with Crippen LogP contribution in [-0.2, 0) is 22.4 Å². The van der Waals surface area contributed by atoms with Crippen molar-refractivity contribution in [2.24, 2.45) is 5.73 Å². The number of hydrogen-bond donors (Lipinski definition) is 4. The Morgan fingerprint density at radius 3 is 2.58 bits per heavy atom. The molecule has 24 heavy (non-hydrogen) atoms. The summed E-state index contributed by atoms with van der Waals surface area (Å²) in [5.41, 5.74) is 7.36. The number of aliphatic carboxylic acids is 1. The van der Waals surface area contributed by atoms with E-state index in [4.69, 9.17) is 10.5 Å². The zero-order chi connectivity index (χ0) is 17.5. The molecule has 1 aromatic heterocycles. The zero-order valence-corrected chi connectivity index (χ0v) is 13.2. The number of ether oxygens (including phenoxy) is 1. The lowest BCUT2D eigenvalue weighted by Gasteiger charge is -2.17. The number of methoxy groups -OCH3 is 1. The van der Waals surface area contributed by atoms with Crippen molar-refractivity contribution in [3.05, 3.63) is 48.0 Å². The minimum absolute atomic E-state index is 0.107. The summed E-state index contributed by atoms with van der Waals surface area (Å²) in [5.74, 6) is -0.936. The van der Waals surface area contributed by atoms with E-state index in [1.165, 1.54) is 12.5 Å². The normalized spacial score (nSPS) is 13.1. The molecule has 0 saturated carbocycles. The molecule has 1 heterocycles. The number of aromatic amines is 1. The molecule has 2 aromatic rings. The molecule has 0 fully saturated rings. The predicted octanol–water partition coefficient (Wildman–Crippen LogP) is 0.100. The van der Waals surface area contributed by atoms with Gasteiger partial charge in [0.2, 0.25) is 5.91 Å². The molecule has 128 valence electrons. The standard InChI is InChI=1S/C16H20N4O4/c1-24-12-4-2-10(3-5-12)6-13(17)15(21)20-14(16(22)23)7-11-8-18-9-19-11/h2-5,8-9,13-14H,6-7,17H2,1H3,(H,18,19)(H,20,21)(H,22,23)/t13?,14-/m1/s1. The first-order valence-corrected chi connectivity index (χ1v) is 7.38. The number of hydrogen-bond acceptors (Lipinski definition) is 5. The number of nitrogens with two attached hydrogens (primary N) is 1. The van der Waals surface area contributed by atoms with Gasteiger partial charge in [0, 0.05) is 18.3 Å². The summed E-state index contributed by atoms with van der Waals surface area (Å²) in [6.45, 7) is 0. The summed E-state index contributed by atoms with van der Waals surface area (Å²) in [6.07, 6.45) is 3.37. The monoisotopic (exact) mass is 332 g/mol. The van der Waals surface area contributed by atoms with E-state index in [9.17, 15) is 14.7 Å². The summed E-state index contributed by atoms with van der Waals surface area (Å²) in [5, 5.41) is 11.7. The maximum Gasteiger partial charge on any atom is 0.326 e. The van der Waals surface area contributed by atoms with E-state index < -0.39 is 24.0 Å². The van der Waals surface area contributed by atoms with Gasteiger partial charge in [0.1, 0.15) is 11.8 Å². The number of carbonyl (C=O) groups excluding carboxylic acids is 1. The average molecular weight is 332 g/mol. The summed E-state index contributed by atoms with van der Waals surface area (Å²) in [4.78, 5) is 30.1. The molecular weight excluding hydrogens is 312 g/mol. The second-order valence-corrected chi connectivity index (χ2v) is 5.34. The van der Waals surface area contributed by atoms with Crippen LogP contribution in [0, 0.1) is 0 Å². The molecular formula is C16H20N4O4. The van der Waals surface area contributed by atoms with Crippen molar-refractivity contribution in [2.75, 3.05) is 7.11 Å². The van der Waals surface area contributed by atoms with Crippen molar-refractivity contribution in [1.29, 1.82) is 0 Å². The summed E-state index contributed by atoms with van der Waals surface area (Å²) >= 11 is 0. The first-order chi connectivity index (χ1) is 11.5. The summed E-state index contributed by atoms with van der Waals surface area (Å²) < 4.78 is 5.07. The fourth-order valence-corrected chi connectivity index (χ4v) is 2.20. The molecule has 0 aliphatic rings. The van der Waals surface area contributed by atoms with Crippen LogP contribution in [0.3, 0.4) is 0 Å². The summed E-state index contributed by atoms with van der Waals surface area (Å²) in [7, 11) is 1.57. The van der Waals surface area contributed by atoms with Gasteiger partial charge in [-0.2, -0.15) is 0 Å². The Morgan fingerprint density at radius 1 is 1.33 bits per heavy atom. The van der Waals surface area contributed by atoms with Gasteiger partial charge < -0.3 is 25.9 Å². The number of aromatic nitrogens is 2. The van der Waals surface area contributed by atoms with Crippen molar-refractivity contribution in [1.82, 2.24) is 15.3 Å². The van der Waals surface area contributed by atoms with Gasteiger partial charge in [0.25, 0.3) is 0 Å². The van der Waals surface area contributed by atoms with E-state index in [1.54, 1.807) is 19.2 Å². The third kappa shape index (κ3) is 4.82. The molecule has 1 aromatic carbocycles. The lowest BCUT2D eigenvalue weighted by Crippen LogP contribution is -2.50. The van der Waals surface area contributed by atoms with E-state index in [2.05, 4.69) is 15.3 Å². The Bertz CT molecular complexity index is 670. The van der Waals surface area contributed by atoms with E-state index in [0.717, 1.165) is 5.56 Å². The molecule has 0 aliphatic carbocycles. The molecule has 0 aliphatic heterocycles. The van der Waals surface area contributed by atoms with Crippen molar-refractivity contribution in [3.8, 4) is 5.75 Å². The molecule has 1 amide bonds. The number of nitrogens with one attached hydrogen (secondary N) is 2. The molecule has 2 rings (SSSR count). The van der Waals surface area contributed by atoms with Crippen molar-refractivity contribution >= 4 is 11.9 Å². The molecule has 0 spiro atoms. The molecule has 0 bridgehead atoms. The van der Waals surface area contributed by atoms with Crippen LogP contribution >= 0.6 is 0 Å². The SMILES string of the molecule is COc1ccc(CC(N)C(=O)N[C@H](Cc2cnc[nH]2)C(=O)O)cc1. The largest absolute Gasteiger partial charge is 0.497 e. The van der Waals surface area contributed by atoms with Gasteiger partial charge in [-0.25, -0.2) is 9.78 Å². The maximum atomic E-state index is 12.2. The van der Waals surface area contributed by atoms with Crippen LogP contribution in [0.25, 0.3) is 0 Å². The van der Waals surface area contributed by atoms with Gasteiger partial charge in [-0.1, -0.05) is 12.1 Å². The number of carbonyl (C=O) groups is 2. The van der Waals surface area contributed by atoms with Gasteiger partial charge in [-0.05, 0) is 24.1 Å². The number of imidazole rings is 1. The first kappa shape index (κ1) is 17.5. The van der Waals surface area contributed by atoms with E-state index in [0.29, 0.717) is 17.9 Å². The Hall–Kier alpha value is -2.87. The van der Waals surface area contributed by atoms with Crippen LogP contribution in [0.15, 0.2) is 36.8 Å². The van der Waals surface area contributed by atoms with Gasteiger partial charge in [0.05, 0.1) is 19.5 Å². The lowest BCUT2D eigenvalue weighted by atomic mass is 10.0. The maximum absolute atomic E-state index is 12.2. The molecule has 8 heteroatoms. The molecule has 1 unspecified atom stereocenters. The number of benzene rings is 1. The minimum Gasteiger partial charge on any atom is -0.497 e. The van der Waals surface area contributed by atoms with Crippen LogP contribution in [-0.4, -0.2) is 46.1 Å². The third-order valence-corrected chi connectivity index (χ3v) is 3.54. The second-order valence-electron chi connectivity index (χ2n) is 5.34. The molecule has 5 N–H and O–H groups in total. The number of H-pyrrole nitrogens is 1. The predicted molar refractivity (Wildman–Crippen MR) is 86.5 cm³/mol. The van der Waals surface area contributed by atoms with Crippen molar-refractivity contribution in [2.45, 2.75) is 24.9 Å². The molecule has 0 saturated heterocycles. The number of carboxylic acids is 1. The number of carboxylic acid groups (broad SMARTS) is 1. The van der Waals surface area contributed by atoms with Crippen molar-refractivity contribution in [3.63, 3.8) is 0 Å². The van der Waals surface area contributed by atoms with Crippen LogP contribution in [0.5, 0.6) is 5.75 Å². The van der Waals surface area contributed by atoms with Crippen LogP contribution < -0.4 is 15.8 Å². The van der Waals surface area contributed by atoms with E-state index in [1.807, 2.05) is 12.1 Å². The van der Waals surface area contributed by atoms with Gasteiger partial charge in [-0.15, -0.1) is 0 Å². The fourth-order valence-electron chi connectivity index (χ4n) is 2.20. The highest BCUT2D eigenvalue weighted by Gasteiger charge is 2.24. The van der Waals surface area contributed by atoms with Gasteiger partial charge >= 0.3 is 5.97 Å². The fraction of sp³-hybridized carbons (Fsp3) is 0.312.